The van der Waals surface area contributed by atoms with Crippen molar-refractivity contribution in [1.29, 1.82) is 0 Å². The summed E-state index contributed by atoms with van der Waals surface area (Å²) in [5.74, 6) is -0.879. The molecule has 1 aromatic rings. The number of hydrogen-bond donors (Lipinski definition) is 1. The largest absolute Gasteiger partial charge is 0.478 e. The number of benzene rings is 1. The third kappa shape index (κ3) is 7.96. The number of ether oxygens (including phenoxy) is 2. The quantitative estimate of drug-likeness (QED) is 0.739. The molecular formula is C12H16O4. The van der Waals surface area contributed by atoms with Crippen LogP contribution in [0, 0.1) is 0 Å². The van der Waals surface area contributed by atoms with Gasteiger partial charge in [0.25, 0.3) is 0 Å². The van der Waals surface area contributed by atoms with E-state index in [-0.39, 0.29) is 0 Å². The number of carboxylic acids is 1. The van der Waals surface area contributed by atoms with E-state index in [9.17, 15) is 4.79 Å². The summed E-state index contributed by atoms with van der Waals surface area (Å²) in [6.07, 6.45) is 0.583. The normalized spacial score (nSPS) is 19.4. The lowest BCUT2D eigenvalue weighted by Crippen LogP contribution is -1.93. The van der Waals surface area contributed by atoms with Crippen molar-refractivity contribution in [2.24, 2.45) is 0 Å². The van der Waals surface area contributed by atoms with Crippen LogP contribution in [0.4, 0.5) is 0 Å². The van der Waals surface area contributed by atoms with E-state index < -0.39 is 5.97 Å². The molecule has 2 fully saturated rings. The SMILES string of the molecule is C1CO1.CC1CO1.O=C(O)c1ccccc1. The second-order valence-electron chi connectivity index (χ2n) is 3.43. The van der Waals surface area contributed by atoms with Gasteiger partial charge in [-0.2, -0.15) is 0 Å². The Hall–Kier alpha value is -1.39. The van der Waals surface area contributed by atoms with Crippen LogP contribution in [0.5, 0.6) is 0 Å². The number of rotatable bonds is 1. The Morgan fingerprint density at radius 2 is 1.75 bits per heavy atom. The molecule has 2 saturated heterocycles. The molecule has 4 nitrogen and oxygen atoms in total. The summed E-state index contributed by atoms with van der Waals surface area (Å²) in [6, 6.07) is 8.30. The molecule has 88 valence electrons. The van der Waals surface area contributed by atoms with Gasteiger partial charge in [0.2, 0.25) is 0 Å². The highest BCUT2D eigenvalue weighted by Crippen LogP contribution is 2.04. The van der Waals surface area contributed by atoms with Crippen molar-refractivity contribution >= 4 is 5.97 Å². The Morgan fingerprint density at radius 3 is 1.94 bits per heavy atom. The van der Waals surface area contributed by atoms with E-state index in [0.29, 0.717) is 11.7 Å². The highest BCUT2D eigenvalue weighted by molar-refractivity contribution is 5.87. The number of carbonyl (C=O) groups is 1. The van der Waals surface area contributed by atoms with Crippen molar-refractivity contribution in [3.8, 4) is 0 Å². The molecule has 1 N–H and O–H groups in total. The first-order valence-corrected chi connectivity index (χ1v) is 5.18. The fourth-order valence-corrected chi connectivity index (χ4v) is 0.677. The second-order valence-corrected chi connectivity index (χ2v) is 3.43. The van der Waals surface area contributed by atoms with E-state index in [4.69, 9.17) is 9.84 Å². The standard InChI is InChI=1S/C7H6O2.C3H6O.C2H4O/c8-7(9)6-4-2-1-3-5-6;1-3-2-4-3;1-2-3-1/h1-5H,(H,8,9);3H,2H2,1H3;1-2H2. The Bertz CT molecular complexity index is 301. The Morgan fingerprint density at radius 1 is 1.31 bits per heavy atom. The molecule has 16 heavy (non-hydrogen) atoms. The number of carboxylic acid groups (broad SMARTS) is 1. The lowest BCUT2D eigenvalue weighted by Gasteiger charge is -1.88. The summed E-state index contributed by atoms with van der Waals surface area (Å²) in [7, 11) is 0. The molecule has 0 saturated carbocycles. The summed E-state index contributed by atoms with van der Waals surface area (Å²) in [6.45, 7) is 5.04. The van der Waals surface area contributed by atoms with Crippen molar-refractivity contribution in [3.05, 3.63) is 35.9 Å². The zero-order valence-corrected chi connectivity index (χ0v) is 9.26. The highest BCUT2D eigenvalue weighted by atomic mass is 16.6. The molecule has 2 heterocycles. The first kappa shape index (κ1) is 12.7. The molecular weight excluding hydrogens is 208 g/mol. The fourth-order valence-electron chi connectivity index (χ4n) is 0.677. The maximum atomic E-state index is 10.2. The average molecular weight is 224 g/mol. The lowest BCUT2D eigenvalue weighted by atomic mass is 10.2. The van der Waals surface area contributed by atoms with Crippen molar-refractivity contribution in [2.45, 2.75) is 13.0 Å². The van der Waals surface area contributed by atoms with Crippen LogP contribution < -0.4 is 0 Å². The maximum absolute atomic E-state index is 10.2. The molecule has 1 atom stereocenters. The van der Waals surface area contributed by atoms with Gasteiger partial charge in [0.05, 0.1) is 31.5 Å². The van der Waals surface area contributed by atoms with E-state index in [2.05, 4.69) is 11.7 Å². The number of hydrogen-bond acceptors (Lipinski definition) is 3. The van der Waals surface area contributed by atoms with Crippen molar-refractivity contribution in [1.82, 2.24) is 0 Å². The van der Waals surface area contributed by atoms with E-state index in [0.717, 1.165) is 19.8 Å². The van der Waals surface area contributed by atoms with Crippen LogP contribution in [-0.2, 0) is 9.47 Å². The molecule has 4 heteroatoms. The molecule has 0 spiro atoms. The third-order valence-corrected chi connectivity index (χ3v) is 1.72. The van der Waals surface area contributed by atoms with Crippen molar-refractivity contribution in [3.63, 3.8) is 0 Å². The molecule has 0 bridgehead atoms. The van der Waals surface area contributed by atoms with E-state index in [1.165, 1.54) is 0 Å². The molecule has 2 aliphatic rings. The topological polar surface area (TPSA) is 62.4 Å². The maximum Gasteiger partial charge on any atom is 0.335 e. The molecule has 3 rings (SSSR count). The van der Waals surface area contributed by atoms with E-state index in [1.807, 2.05) is 0 Å². The van der Waals surface area contributed by atoms with Gasteiger partial charge in [0, 0.05) is 0 Å². The Labute approximate surface area is 94.8 Å². The van der Waals surface area contributed by atoms with Crippen LogP contribution >= 0.6 is 0 Å². The van der Waals surface area contributed by atoms with Gasteiger partial charge in [-0.15, -0.1) is 0 Å². The van der Waals surface area contributed by atoms with Crippen molar-refractivity contribution < 1.29 is 19.4 Å². The smallest absolute Gasteiger partial charge is 0.335 e. The van der Waals surface area contributed by atoms with Gasteiger partial charge in [-0.3, -0.25) is 0 Å². The van der Waals surface area contributed by atoms with Crippen LogP contribution in [0.3, 0.4) is 0 Å². The fraction of sp³-hybridized carbons (Fsp3) is 0.417. The zero-order chi connectivity index (χ0) is 11.8. The van der Waals surface area contributed by atoms with Crippen LogP contribution in [-0.4, -0.2) is 37.0 Å². The van der Waals surface area contributed by atoms with Gasteiger partial charge in [0.15, 0.2) is 0 Å². The predicted molar refractivity (Wildman–Crippen MR) is 59.6 cm³/mol. The molecule has 0 aromatic heterocycles. The highest BCUT2D eigenvalue weighted by Gasteiger charge is 2.13. The van der Waals surface area contributed by atoms with Gasteiger partial charge < -0.3 is 14.6 Å². The predicted octanol–water partition coefficient (Wildman–Crippen LogP) is 1.81. The average Bonchev–Trinajstić information content (AvgIpc) is 3.14. The Balaban J connectivity index is 0.000000148. The van der Waals surface area contributed by atoms with Gasteiger partial charge in [0.1, 0.15) is 0 Å². The first-order chi connectivity index (χ1) is 7.70. The molecule has 1 aromatic carbocycles. The summed E-state index contributed by atoms with van der Waals surface area (Å²) in [5, 5.41) is 8.38. The summed E-state index contributed by atoms with van der Waals surface area (Å²) >= 11 is 0. The minimum atomic E-state index is -0.879. The molecule has 0 radical (unpaired) electrons. The number of epoxide rings is 2. The van der Waals surface area contributed by atoms with E-state index >= 15 is 0 Å². The second kappa shape index (κ2) is 6.98. The lowest BCUT2D eigenvalue weighted by molar-refractivity contribution is 0.0697. The van der Waals surface area contributed by atoms with E-state index in [1.54, 1.807) is 30.3 Å². The third-order valence-electron chi connectivity index (χ3n) is 1.72. The zero-order valence-electron chi connectivity index (χ0n) is 9.26. The minimum Gasteiger partial charge on any atom is -0.478 e. The van der Waals surface area contributed by atoms with Crippen LogP contribution in [0.2, 0.25) is 0 Å². The summed E-state index contributed by atoms with van der Waals surface area (Å²) in [4.78, 5) is 10.2. The summed E-state index contributed by atoms with van der Waals surface area (Å²) < 4.78 is 9.21. The Kier molecular flexibility index (Phi) is 5.53. The van der Waals surface area contributed by atoms with Crippen LogP contribution in [0.15, 0.2) is 30.3 Å². The van der Waals surface area contributed by atoms with Gasteiger partial charge in [-0.25, -0.2) is 4.79 Å². The molecule has 0 aliphatic carbocycles. The first-order valence-electron chi connectivity index (χ1n) is 5.18. The molecule has 0 amide bonds. The van der Waals surface area contributed by atoms with Gasteiger partial charge >= 0.3 is 5.97 Å². The summed E-state index contributed by atoms with van der Waals surface area (Å²) in [5.41, 5.74) is 0.331. The monoisotopic (exact) mass is 224 g/mol. The van der Waals surface area contributed by atoms with Gasteiger partial charge in [-0.1, -0.05) is 18.2 Å². The molecule has 1 unspecified atom stereocenters. The van der Waals surface area contributed by atoms with Crippen LogP contribution in [0.1, 0.15) is 17.3 Å². The van der Waals surface area contributed by atoms with Crippen molar-refractivity contribution in [2.75, 3.05) is 19.8 Å². The van der Waals surface area contributed by atoms with Crippen LogP contribution in [0.25, 0.3) is 0 Å². The minimum absolute atomic E-state index is 0.331. The number of aromatic carboxylic acids is 1. The molecule has 2 aliphatic heterocycles. The van der Waals surface area contributed by atoms with Gasteiger partial charge in [-0.05, 0) is 19.1 Å².